The third kappa shape index (κ3) is 3.25. The molecule has 3 unspecified atom stereocenters. The molecular weight excluding hydrogens is 270 g/mol. The van der Waals surface area contributed by atoms with Gasteiger partial charge in [-0.2, -0.15) is 0 Å². The van der Waals surface area contributed by atoms with Crippen molar-refractivity contribution in [3.8, 4) is 0 Å². The van der Waals surface area contributed by atoms with Crippen molar-refractivity contribution in [2.75, 3.05) is 11.4 Å². The number of hydrogen-bond acceptors (Lipinski definition) is 3. The summed E-state index contributed by atoms with van der Waals surface area (Å²) in [5.74, 6) is 3.15. The van der Waals surface area contributed by atoms with Crippen LogP contribution in [-0.4, -0.2) is 22.6 Å². The Morgan fingerprint density at radius 3 is 2.45 bits per heavy atom. The summed E-state index contributed by atoms with van der Waals surface area (Å²) in [5.41, 5.74) is -0.0874. The first kappa shape index (κ1) is 15.6. The van der Waals surface area contributed by atoms with Crippen molar-refractivity contribution >= 4 is 17.4 Å². The van der Waals surface area contributed by atoms with E-state index >= 15 is 0 Å². The van der Waals surface area contributed by atoms with Crippen LogP contribution >= 0.6 is 11.6 Å². The molecule has 1 aromatic heterocycles. The minimum absolute atomic E-state index is 0.0874. The second-order valence-electron chi connectivity index (χ2n) is 7.33. The van der Waals surface area contributed by atoms with Gasteiger partial charge in [-0.3, -0.25) is 0 Å². The molecule has 1 fully saturated rings. The molecule has 1 aliphatic rings. The Hall–Kier alpha value is -0.830. The lowest BCUT2D eigenvalue weighted by atomic mass is 9.86. The summed E-state index contributed by atoms with van der Waals surface area (Å²) in [4.78, 5) is 11.6. The molecule has 0 aromatic carbocycles. The van der Waals surface area contributed by atoms with Crippen molar-refractivity contribution in [2.45, 2.75) is 59.4 Å². The normalized spacial score (nSPS) is 27.8. The van der Waals surface area contributed by atoms with Gasteiger partial charge in [-0.25, -0.2) is 9.97 Å². The Labute approximate surface area is 127 Å². The topological polar surface area (TPSA) is 29.0 Å². The predicted octanol–water partition coefficient (Wildman–Crippen LogP) is 4.30. The van der Waals surface area contributed by atoms with Crippen LogP contribution in [0.15, 0.2) is 6.07 Å². The standard InChI is InChI=1S/C16H26ClN3/c1-10-7-11(2)12(3)20(9-10)14-8-13(17)18-15(19-14)16(4,5)6/h8,10-12H,7,9H2,1-6H3. The van der Waals surface area contributed by atoms with Crippen LogP contribution < -0.4 is 4.90 Å². The largest absolute Gasteiger partial charge is 0.353 e. The molecule has 20 heavy (non-hydrogen) atoms. The zero-order valence-electron chi connectivity index (χ0n) is 13.4. The number of piperidine rings is 1. The van der Waals surface area contributed by atoms with Crippen LogP contribution in [0.1, 0.15) is 53.8 Å². The van der Waals surface area contributed by atoms with E-state index in [1.807, 2.05) is 6.07 Å². The monoisotopic (exact) mass is 295 g/mol. The molecule has 0 amide bonds. The molecule has 4 heteroatoms. The summed E-state index contributed by atoms with van der Waals surface area (Å²) in [7, 11) is 0. The molecule has 0 N–H and O–H groups in total. The second-order valence-corrected chi connectivity index (χ2v) is 7.72. The van der Waals surface area contributed by atoms with Gasteiger partial charge in [0, 0.05) is 24.1 Å². The molecule has 0 radical (unpaired) electrons. The molecule has 3 nitrogen and oxygen atoms in total. The van der Waals surface area contributed by atoms with Crippen molar-refractivity contribution in [1.82, 2.24) is 9.97 Å². The van der Waals surface area contributed by atoms with Crippen LogP contribution in [0.25, 0.3) is 0 Å². The Kier molecular flexibility index (Phi) is 4.29. The summed E-state index contributed by atoms with van der Waals surface area (Å²) in [5, 5.41) is 0.540. The van der Waals surface area contributed by atoms with E-state index in [1.54, 1.807) is 0 Å². The molecule has 2 heterocycles. The average molecular weight is 296 g/mol. The molecule has 1 saturated heterocycles. The Morgan fingerprint density at radius 2 is 1.85 bits per heavy atom. The van der Waals surface area contributed by atoms with Gasteiger partial charge in [0.1, 0.15) is 16.8 Å². The van der Waals surface area contributed by atoms with Gasteiger partial charge in [0.25, 0.3) is 0 Å². The maximum Gasteiger partial charge on any atom is 0.137 e. The molecule has 3 atom stereocenters. The molecule has 0 spiro atoms. The van der Waals surface area contributed by atoms with Gasteiger partial charge in [0.2, 0.25) is 0 Å². The molecule has 1 aliphatic heterocycles. The van der Waals surface area contributed by atoms with Crippen molar-refractivity contribution in [1.29, 1.82) is 0 Å². The van der Waals surface area contributed by atoms with Gasteiger partial charge in [0.15, 0.2) is 0 Å². The summed E-state index contributed by atoms with van der Waals surface area (Å²) >= 11 is 6.22. The number of hydrogen-bond donors (Lipinski definition) is 0. The van der Waals surface area contributed by atoms with Crippen LogP contribution in [0.3, 0.4) is 0 Å². The predicted molar refractivity (Wildman–Crippen MR) is 85.5 cm³/mol. The fraction of sp³-hybridized carbons (Fsp3) is 0.750. The third-order valence-corrected chi connectivity index (χ3v) is 4.44. The molecule has 2 rings (SSSR count). The van der Waals surface area contributed by atoms with Gasteiger partial charge in [-0.1, -0.05) is 46.2 Å². The summed E-state index contributed by atoms with van der Waals surface area (Å²) < 4.78 is 0. The summed E-state index contributed by atoms with van der Waals surface area (Å²) in [6.45, 7) is 14.3. The van der Waals surface area contributed by atoms with Crippen LogP contribution in [-0.2, 0) is 5.41 Å². The first-order valence-electron chi connectivity index (χ1n) is 7.50. The van der Waals surface area contributed by atoms with Crippen molar-refractivity contribution in [2.24, 2.45) is 11.8 Å². The SMILES string of the molecule is CC1CC(C)C(C)N(c2cc(Cl)nc(C(C)(C)C)n2)C1. The van der Waals surface area contributed by atoms with E-state index in [2.05, 4.69) is 51.4 Å². The number of aromatic nitrogens is 2. The highest BCUT2D eigenvalue weighted by atomic mass is 35.5. The minimum Gasteiger partial charge on any atom is -0.353 e. The highest BCUT2D eigenvalue weighted by Gasteiger charge is 2.30. The third-order valence-electron chi connectivity index (χ3n) is 4.24. The van der Waals surface area contributed by atoms with Gasteiger partial charge in [0.05, 0.1) is 0 Å². The zero-order chi connectivity index (χ0) is 15.1. The van der Waals surface area contributed by atoms with Gasteiger partial charge in [-0.15, -0.1) is 0 Å². The smallest absolute Gasteiger partial charge is 0.137 e. The lowest BCUT2D eigenvalue weighted by Gasteiger charge is -2.42. The van der Waals surface area contributed by atoms with Crippen molar-refractivity contribution < 1.29 is 0 Å². The Morgan fingerprint density at radius 1 is 1.20 bits per heavy atom. The van der Waals surface area contributed by atoms with E-state index in [0.717, 1.165) is 18.2 Å². The fourth-order valence-electron chi connectivity index (χ4n) is 2.91. The van der Waals surface area contributed by atoms with E-state index in [0.29, 0.717) is 23.0 Å². The highest BCUT2D eigenvalue weighted by molar-refractivity contribution is 6.29. The van der Waals surface area contributed by atoms with Gasteiger partial charge < -0.3 is 4.90 Å². The lowest BCUT2D eigenvalue weighted by Crippen LogP contribution is -2.46. The first-order valence-corrected chi connectivity index (χ1v) is 7.88. The molecule has 112 valence electrons. The highest BCUT2D eigenvalue weighted by Crippen LogP contribution is 2.32. The van der Waals surface area contributed by atoms with Crippen LogP contribution in [0.5, 0.6) is 0 Å². The molecular formula is C16H26ClN3. The Balaban J connectivity index is 2.39. The van der Waals surface area contributed by atoms with E-state index in [4.69, 9.17) is 16.6 Å². The fourth-order valence-corrected chi connectivity index (χ4v) is 3.08. The maximum absolute atomic E-state index is 6.22. The van der Waals surface area contributed by atoms with Crippen molar-refractivity contribution in [3.63, 3.8) is 0 Å². The maximum atomic E-state index is 6.22. The van der Waals surface area contributed by atoms with Crippen LogP contribution in [0.2, 0.25) is 5.15 Å². The minimum atomic E-state index is -0.0874. The van der Waals surface area contributed by atoms with Gasteiger partial charge >= 0.3 is 0 Å². The van der Waals surface area contributed by atoms with Crippen LogP contribution in [0.4, 0.5) is 5.82 Å². The van der Waals surface area contributed by atoms with Crippen molar-refractivity contribution in [3.05, 3.63) is 17.0 Å². The molecule has 0 bridgehead atoms. The van der Waals surface area contributed by atoms with Gasteiger partial charge in [-0.05, 0) is 25.2 Å². The number of nitrogens with zero attached hydrogens (tertiary/aromatic N) is 3. The zero-order valence-corrected chi connectivity index (χ0v) is 14.2. The van der Waals surface area contributed by atoms with E-state index < -0.39 is 0 Å². The lowest BCUT2D eigenvalue weighted by molar-refractivity contribution is 0.295. The Bertz CT molecular complexity index is 481. The molecule has 0 saturated carbocycles. The first-order chi connectivity index (χ1) is 9.18. The second kappa shape index (κ2) is 5.51. The van der Waals surface area contributed by atoms with E-state index in [1.165, 1.54) is 6.42 Å². The number of halogens is 1. The molecule has 1 aromatic rings. The summed E-state index contributed by atoms with van der Waals surface area (Å²) in [6, 6.07) is 2.39. The van der Waals surface area contributed by atoms with E-state index in [9.17, 15) is 0 Å². The molecule has 0 aliphatic carbocycles. The van der Waals surface area contributed by atoms with Crippen LogP contribution in [0, 0.1) is 11.8 Å². The number of anilines is 1. The van der Waals surface area contributed by atoms with E-state index in [-0.39, 0.29) is 5.41 Å². The quantitative estimate of drug-likeness (QED) is 0.723. The number of rotatable bonds is 1. The summed E-state index contributed by atoms with van der Waals surface area (Å²) in [6.07, 6.45) is 1.28. The average Bonchev–Trinajstić information content (AvgIpc) is 2.32.